The second-order valence-electron chi connectivity index (χ2n) is 7.42. The number of rotatable bonds is 5. The number of hydrogen-bond acceptors (Lipinski definition) is 7. The molecule has 0 bridgehead atoms. The zero-order valence-corrected chi connectivity index (χ0v) is 17.3. The van der Waals surface area contributed by atoms with Gasteiger partial charge in [-0.25, -0.2) is 4.98 Å². The first-order valence-electron chi connectivity index (χ1n) is 10.3. The summed E-state index contributed by atoms with van der Waals surface area (Å²) in [4.78, 5) is 11.1. The number of morpholine rings is 1. The summed E-state index contributed by atoms with van der Waals surface area (Å²) in [6.07, 6.45) is 5.33. The molecule has 0 amide bonds. The molecule has 4 aromatic rings. The number of aryl methyl sites for hydroxylation is 1. The number of hydrazone groups is 1. The maximum absolute atomic E-state index is 5.53. The van der Waals surface area contributed by atoms with Crippen molar-refractivity contribution in [2.45, 2.75) is 6.92 Å². The van der Waals surface area contributed by atoms with Crippen molar-refractivity contribution in [2.24, 2.45) is 5.10 Å². The van der Waals surface area contributed by atoms with Crippen molar-refractivity contribution in [2.75, 3.05) is 36.6 Å². The molecule has 8 nitrogen and oxygen atoms in total. The molecule has 31 heavy (non-hydrogen) atoms. The maximum atomic E-state index is 5.53. The number of aromatic nitrogens is 4. The van der Waals surface area contributed by atoms with Crippen LogP contribution in [0.15, 0.2) is 66.0 Å². The van der Waals surface area contributed by atoms with Crippen LogP contribution in [0.25, 0.3) is 16.9 Å². The van der Waals surface area contributed by atoms with Gasteiger partial charge in [0, 0.05) is 43.2 Å². The number of nitrogens with zero attached hydrogens (tertiary/aromatic N) is 6. The number of hydrogen-bond donors (Lipinski definition) is 1. The van der Waals surface area contributed by atoms with Gasteiger partial charge in [-0.1, -0.05) is 29.8 Å². The van der Waals surface area contributed by atoms with Crippen molar-refractivity contribution in [3.63, 3.8) is 0 Å². The predicted molar refractivity (Wildman–Crippen MR) is 122 cm³/mol. The van der Waals surface area contributed by atoms with Gasteiger partial charge in [0.1, 0.15) is 5.82 Å². The Morgan fingerprint density at radius 3 is 2.71 bits per heavy atom. The van der Waals surface area contributed by atoms with Gasteiger partial charge in [-0.2, -0.15) is 14.7 Å². The highest BCUT2D eigenvalue weighted by Gasteiger charge is 2.18. The summed E-state index contributed by atoms with van der Waals surface area (Å²) in [6.45, 7) is 5.05. The average Bonchev–Trinajstić information content (AvgIpc) is 3.24. The van der Waals surface area contributed by atoms with E-state index in [4.69, 9.17) is 14.8 Å². The number of benzene rings is 1. The predicted octanol–water partition coefficient (Wildman–Crippen LogP) is 3.38. The van der Waals surface area contributed by atoms with E-state index in [0.29, 0.717) is 19.0 Å². The molecule has 1 aliphatic heterocycles. The molecule has 0 spiro atoms. The van der Waals surface area contributed by atoms with E-state index in [1.807, 2.05) is 40.9 Å². The smallest absolute Gasteiger partial charge is 0.160 e. The minimum absolute atomic E-state index is 0.666. The fourth-order valence-electron chi connectivity index (χ4n) is 3.62. The molecule has 1 saturated heterocycles. The summed E-state index contributed by atoms with van der Waals surface area (Å²) < 4.78 is 7.41. The van der Waals surface area contributed by atoms with Crippen LogP contribution in [0.2, 0.25) is 0 Å². The number of anilines is 2. The fourth-order valence-corrected chi connectivity index (χ4v) is 3.62. The van der Waals surface area contributed by atoms with Crippen LogP contribution in [0.5, 0.6) is 0 Å². The molecule has 0 unspecified atom stereocenters. The Hall–Kier alpha value is -3.78. The minimum atomic E-state index is 0.666. The Morgan fingerprint density at radius 2 is 1.90 bits per heavy atom. The Kier molecular flexibility index (Phi) is 5.28. The lowest BCUT2D eigenvalue weighted by Gasteiger charge is -2.29. The van der Waals surface area contributed by atoms with Crippen molar-refractivity contribution < 1.29 is 4.74 Å². The molecular weight excluding hydrogens is 390 g/mol. The Bertz CT molecular complexity index is 1210. The lowest BCUT2D eigenvalue weighted by Crippen LogP contribution is -2.37. The van der Waals surface area contributed by atoms with Gasteiger partial charge in [-0.05, 0) is 24.6 Å². The van der Waals surface area contributed by atoms with E-state index in [2.05, 4.69) is 39.5 Å². The van der Waals surface area contributed by atoms with Gasteiger partial charge < -0.3 is 9.64 Å². The summed E-state index contributed by atoms with van der Waals surface area (Å²) in [5.74, 6) is 1.63. The van der Waals surface area contributed by atoms with Crippen molar-refractivity contribution in [1.29, 1.82) is 0 Å². The summed E-state index contributed by atoms with van der Waals surface area (Å²) in [7, 11) is 0. The molecule has 156 valence electrons. The van der Waals surface area contributed by atoms with Crippen molar-refractivity contribution in [1.82, 2.24) is 19.6 Å². The van der Waals surface area contributed by atoms with Crippen LogP contribution in [0.3, 0.4) is 0 Å². The van der Waals surface area contributed by atoms with Crippen LogP contribution in [-0.2, 0) is 4.74 Å². The zero-order chi connectivity index (χ0) is 21.0. The maximum Gasteiger partial charge on any atom is 0.160 e. The topological polar surface area (TPSA) is 79.9 Å². The number of pyridine rings is 1. The first-order chi connectivity index (χ1) is 15.3. The first kappa shape index (κ1) is 19.2. The molecule has 3 aromatic heterocycles. The van der Waals surface area contributed by atoms with Gasteiger partial charge in [-0.3, -0.25) is 10.4 Å². The quantitative estimate of drug-likeness (QED) is 0.399. The van der Waals surface area contributed by atoms with Crippen molar-refractivity contribution >= 4 is 23.5 Å². The minimum Gasteiger partial charge on any atom is -0.378 e. The molecule has 0 aliphatic carbocycles. The summed E-state index contributed by atoms with van der Waals surface area (Å²) in [5.41, 5.74) is 7.92. The van der Waals surface area contributed by atoms with Crippen molar-refractivity contribution in [3.8, 4) is 11.3 Å². The Labute approximate surface area is 180 Å². The Morgan fingerprint density at radius 1 is 1.06 bits per heavy atom. The molecule has 4 heterocycles. The van der Waals surface area contributed by atoms with Crippen LogP contribution in [0.1, 0.15) is 11.1 Å². The van der Waals surface area contributed by atoms with Gasteiger partial charge in [0.15, 0.2) is 11.5 Å². The number of nitrogens with one attached hydrogen (secondary N) is 1. The summed E-state index contributed by atoms with van der Waals surface area (Å²) in [5, 5.41) is 9.21. The largest absolute Gasteiger partial charge is 0.378 e. The molecule has 1 fully saturated rings. The average molecular weight is 413 g/mol. The molecule has 1 aromatic carbocycles. The van der Waals surface area contributed by atoms with E-state index in [-0.39, 0.29) is 0 Å². The van der Waals surface area contributed by atoms with E-state index in [1.165, 1.54) is 5.56 Å². The molecule has 0 radical (unpaired) electrons. The van der Waals surface area contributed by atoms with Gasteiger partial charge in [0.25, 0.3) is 0 Å². The third kappa shape index (κ3) is 4.24. The summed E-state index contributed by atoms with van der Waals surface area (Å²) >= 11 is 0. The highest BCUT2D eigenvalue weighted by molar-refractivity contribution is 5.80. The molecule has 8 heteroatoms. The van der Waals surface area contributed by atoms with Crippen LogP contribution < -0.4 is 10.3 Å². The lowest BCUT2D eigenvalue weighted by molar-refractivity contribution is 0.122. The second kappa shape index (κ2) is 8.53. The molecule has 5 rings (SSSR count). The van der Waals surface area contributed by atoms with Gasteiger partial charge in [0.05, 0.1) is 25.1 Å². The third-order valence-corrected chi connectivity index (χ3v) is 5.15. The van der Waals surface area contributed by atoms with Gasteiger partial charge >= 0.3 is 0 Å². The van der Waals surface area contributed by atoms with Crippen LogP contribution in [-0.4, -0.2) is 52.1 Å². The van der Waals surface area contributed by atoms with Crippen LogP contribution in [0, 0.1) is 6.92 Å². The second-order valence-corrected chi connectivity index (χ2v) is 7.42. The van der Waals surface area contributed by atoms with E-state index in [0.717, 1.165) is 41.4 Å². The molecule has 0 saturated carbocycles. The standard InChI is InChI=1S/C23H23N7O/c1-17-3-2-4-18(13-17)16-25-27-21-15-23(29-9-11-31-12-10-29)30-22(26-21)14-20(28-30)19-5-7-24-8-6-19/h2-8,13-16H,9-12H2,1H3,(H,26,27)/b25-16-. The Balaban J connectivity index is 1.50. The lowest BCUT2D eigenvalue weighted by atomic mass is 10.2. The highest BCUT2D eigenvalue weighted by Crippen LogP contribution is 2.25. The van der Waals surface area contributed by atoms with Crippen LogP contribution in [0.4, 0.5) is 11.6 Å². The van der Waals surface area contributed by atoms with Gasteiger partial charge in [0.2, 0.25) is 0 Å². The number of fused-ring (bicyclic) bond motifs is 1. The zero-order valence-electron chi connectivity index (χ0n) is 17.3. The van der Waals surface area contributed by atoms with Gasteiger partial charge in [-0.15, -0.1) is 0 Å². The van der Waals surface area contributed by atoms with E-state index < -0.39 is 0 Å². The van der Waals surface area contributed by atoms with E-state index >= 15 is 0 Å². The molecule has 1 N–H and O–H groups in total. The summed E-state index contributed by atoms with van der Waals surface area (Å²) in [6, 6.07) is 16.0. The molecular formula is C23H23N7O. The first-order valence-corrected chi connectivity index (χ1v) is 10.3. The van der Waals surface area contributed by atoms with E-state index in [1.54, 1.807) is 18.6 Å². The van der Waals surface area contributed by atoms with Crippen molar-refractivity contribution in [3.05, 3.63) is 72.1 Å². The fraction of sp³-hybridized carbons (Fsp3) is 0.217. The molecule has 0 atom stereocenters. The number of ether oxygens (including phenoxy) is 1. The van der Waals surface area contributed by atoms with E-state index in [9.17, 15) is 0 Å². The normalized spacial score (nSPS) is 14.4. The van der Waals surface area contributed by atoms with Crippen LogP contribution >= 0.6 is 0 Å². The molecule has 1 aliphatic rings. The SMILES string of the molecule is Cc1cccc(/C=N\Nc2cc(N3CCOCC3)n3nc(-c4ccncc4)cc3n2)c1. The monoisotopic (exact) mass is 413 g/mol. The highest BCUT2D eigenvalue weighted by atomic mass is 16.5. The third-order valence-electron chi connectivity index (χ3n) is 5.15.